The predicted octanol–water partition coefficient (Wildman–Crippen LogP) is 0.787. The van der Waals surface area contributed by atoms with Gasteiger partial charge in [-0.1, -0.05) is 0 Å². The average molecular weight is 283 g/mol. The zero-order chi connectivity index (χ0) is 13.8. The number of hydrazine groups is 1. The highest BCUT2D eigenvalue weighted by molar-refractivity contribution is 7.98. The molecule has 3 N–H and O–H groups in total. The van der Waals surface area contributed by atoms with Crippen molar-refractivity contribution in [2.45, 2.75) is 37.3 Å². The summed E-state index contributed by atoms with van der Waals surface area (Å²) < 4.78 is 10.6. The van der Waals surface area contributed by atoms with E-state index in [0.29, 0.717) is 16.3 Å². The maximum Gasteiger partial charge on any atom is 0.322 e. The Balaban J connectivity index is 2.23. The van der Waals surface area contributed by atoms with Gasteiger partial charge in [0.1, 0.15) is 0 Å². The molecule has 0 atom stereocenters. The van der Waals surface area contributed by atoms with E-state index >= 15 is 0 Å². The summed E-state index contributed by atoms with van der Waals surface area (Å²) in [4.78, 5) is 12.2. The summed E-state index contributed by atoms with van der Waals surface area (Å²) in [7, 11) is 0. The second kappa shape index (κ2) is 5.80. The van der Waals surface area contributed by atoms with Gasteiger partial charge in [0, 0.05) is 18.7 Å². The van der Waals surface area contributed by atoms with Gasteiger partial charge in [0.15, 0.2) is 0 Å². The van der Waals surface area contributed by atoms with Crippen LogP contribution in [0.25, 0.3) is 0 Å². The molecule has 0 unspecified atom stereocenters. The van der Waals surface area contributed by atoms with Crippen molar-refractivity contribution in [2.75, 3.05) is 5.43 Å². The van der Waals surface area contributed by atoms with Crippen molar-refractivity contribution < 1.29 is 9.15 Å². The largest absolute Gasteiger partial charge is 0.461 e. The van der Waals surface area contributed by atoms with Crippen LogP contribution in [0.15, 0.2) is 14.8 Å². The van der Waals surface area contributed by atoms with E-state index in [9.17, 15) is 0 Å². The highest BCUT2D eigenvalue weighted by Gasteiger charge is 2.12. The molecule has 0 amide bonds. The van der Waals surface area contributed by atoms with Gasteiger partial charge in [-0.05, 0) is 13.8 Å². The number of nitrogens with one attached hydrogen (secondary N) is 1. The van der Waals surface area contributed by atoms with Crippen molar-refractivity contribution >= 4 is 17.7 Å². The number of anilines is 1. The molecule has 0 aliphatic carbocycles. The Kier molecular flexibility index (Phi) is 4.12. The Morgan fingerprint density at radius 3 is 2.63 bits per heavy atom. The number of hydrogen-bond donors (Lipinski definition) is 2. The van der Waals surface area contributed by atoms with Crippen LogP contribution in [0.5, 0.6) is 6.01 Å². The van der Waals surface area contributed by atoms with Crippen LogP contribution in [0.1, 0.15) is 19.7 Å². The van der Waals surface area contributed by atoms with Gasteiger partial charge in [-0.15, -0.1) is 10.2 Å². The molecular formula is C9H13N7O2S. The Morgan fingerprint density at radius 1 is 1.26 bits per heavy atom. The predicted molar refractivity (Wildman–Crippen MR) is 66.6 cm³/mol. The molecule has 9 nitrogen and oxygen atoms in total. The van der Waals surface area contributed by atoms with Gasteiger partial charge < -0.3 is 9.15 Å². The minimum Gasteiger partial charge on any atom is -0.461 e. The van der Waals surface area contributed by atoms with Crippen LogP contribution < -0.4 is 16.0 Å². The molecule has 0 aliphatic heterocycles. The second-order valence-electron chi connectivity index (χ2n) is 3.72. The normalized spacial score (nSPS) is 10.8. The fraction of sp³-hybridized carbons (Fsp3) is 0.444. The van der Waals surface area contributed by atoms with Gasteiger partial charge in [-0.2, -0.15) is 15.0 Å². The first-order valence-corrected chi connectivity index (χ1v) is 6.26. The van der Waals surface area contributed by atoms with E-state index < -0.39 is 0 Å². The Bertz CT molecular complexity index is 559. The van der Waals surface area contributed by atoms with Gasteiger partial charge in [0.2, 0.25) is 17.0 Å². The quantitative estimate of drug-likeness (QED) is 0.600. The lowest BCUT2D eigenvalue weighted by Gasteiger charge is -2.09. The first kappa shape index (κ1) is 13.5. The third-order valence-corrected chi connectivity index (χ3v) is 2.46. The minimum absolute atomic E-state index is 0.0588. The molecular weight excluding hydrogens is 270 g/mol. The van der Waals surface area contributed by atoms with Crippen LogP contribution in [-0.4, -0.2) is 31.3 Å². The second-order valence-corrected chi connectivity index (χ2v) is 4.64. The van der Waals surface area contributed by atoms with Crippen LogP contribution in [0.2, 0.25) is 0 Å². The fourth-order valence-electron chi connectivity index (χ4n) is 1.11. The fourth-order valence-corrected chi connectivity index (χ4v) is 1.77. The number of ether oxygens (including phenoxy) is 1. The zero-order valence-corrected chi connectivity index (χ0v) is 11.4. The third-order valence-electron chi connectivity index (χ3n) is 1.75. The first-order chi connectivity index (χ1) is 9.06. The van der Waals surface area contributed by atoms with Gasteiger partial charge in [-0.25, -0.2) is 5.84 Å². The number of rotatable bonds is 5. The molecule has 0 saturated carbocycles. The summed E-state index contributed by atoms with van der Waals surface area (Å²) >= 11 is 1.10. The van der Waals surface area contributed by atoms with Crippen molar-refractivity contribution in [1.82, 2.24) is 25.1 Å². The van der Waals surface area contributed by atoms with E-state index in [1.807, 2.05) is 13.8 Å². The zero-order valence-electron chi connectivity index (χ0n) is 10.6. The van der Waals surface area contributed by atoms with Crippen LogP contribution in [0, 0.1) is 6.92 Å². The minimum atomic E-state index is -0.0588. The summed E-state index contributed by atoms with van der Waals surface area (Å²) in [5.41, 5.74) is 2.35. The topological polar surface area (TPSA) is 125 Å². The van der Waals surface area contributed by atoms with Gasteiger partial charge in [-0.3, -0.25) is 5.43 Å². The van der Waals surface area contributed by atoms with Crippen molar-refractivity contribution in [1.29, 1.82) is 0 Å². The monoisotopic (exact) mass is 283 g/mol. The maximum absolute atomic E-state index is 5.40. The molecule has 10 heteroatoms. The number of hydrogen-bond acceptors (Lipinski definition) is 10. The molecule has 2 heterocycles. The summed E-state index contributed by atoms with van der Waals surface area (Å²) in [5.74, 6) is 5.96. The average Bonchev–Trinajstić information content (AvgIpc) is 2.73. The van der Waals surface area contributed by atoms with Crippen molar-refractivity contribution in [3.8, 4) is 6.01 Å². The number of nitrogen functional groups attached to an aromatic ring is 1. The van der Waals surface area contributed by atoms with E-state index in [1.54, 1.807) is 6.92 Å². The lowest BCUT2D eigenvalue weighted by molar-refractivity contribution is 0.219. The molecule has 0 aromatic carbocycles. The molecule has 0 saturated heterocycles. The van der Waals surface area contributed by atoms with Crippen LogP contribution in [0.3, 0.4) is 0 Å². The number of nitrogens with zero attached hydrogens (tertiary/aromatic N) is 5. The van der Waals surface area contributed by atoms with E-state index in [-0.39, 0.29) is 18.1 Å². The molecule has 0 spiro atoms. The lowest BCUT2D eigenvalue weighted by Crippen LogP contribution is -2.14. The Hall–Kier alpha value is -1.94. The summed E-state index contributed by atoms with van der Waals surface area (Å²) in [6.45, 7) is 5.44. The standard InChI is InChI=1S/C9H13N7O2S/c1-4(2)17-7-11-6(14-10)12-8(13-7)19-9-16-15-5(3)18-9/h4H,10H2,1-3H3,(H,11,12,13,14). The third kappa shape index (κ3) is 3.76. The maximum atomic E-state index is 5.40. The Labute approximate surface area is 113 Å². The number of nitrogens with two attached hydrogens (primary N) is 1. The van der Waals surface area contributed by atoms with E-state index in [2.05, 4.69) is 30.6 Å². The van der Waals surface area contributed by atoms with Crippen molar-refractivity contribution in [3.63, 3.8) is 0 Å². The molecule has 0 bridgehead atoms. The Morgan fingerprint density at radius 2 is 2.05 bits per heavy atom. The van der Waals surface area contributed by atoms with Crippen LogP contribution in [0.4, 0.5) is 5.95 Å². The van der Waals surface area contributed by atoms with E-state index in [1.165, 1.54) is 0 Å². The van der Waals surface area contributed by atoms with Gasteiger partial charge in [0.05, 0.1) is 6.10 Å². The van der Waals surface area contributed by atoms with E-state index in [0.717, 1.165) is 11.8 Å². The first-order valence-electron chi connectivity index (χ1n) is 5.44. The smallest absolute Gasteiger partial charge is 0.322 e. The molecule has 2 rings (SSSR count). The summed E-state index contributed by atoms with van der Waals surface area (Å²) in [6.07, 6.45) is -0.0588. The van der Waals surface area contributed by atoms with Crippen LogP contribution >= 0.6 is 11.8 Å². The summed E-state index contributed by atoms with van der Waals surface area (Å²) in [5, 5.41) is 8.24. The van der Waals surface area contributed by atoms with Crippen molar-refractivity contribution in [2.24, 2.45) is 5.84 Å². The van der Waals surface area contributed by atoms with Gasteiger partial charge in [0.25, 0.3) is 5.22 Å². The molecule has 2 aromatic rings. The van der Waals surface area contributed by atoms with Crippen LogP contribution in [-0.2, 0) is 0 Å². The summed E-state index contributed by atoms with van der Waals surface area (Å²) in [6, 6.07) is 0.177. The molecule has 2 aromatic heterocycles. The molecule has 0 radical (unpaired) electrons. The highest BCUT2D eigenvalue weighted by Crippen LogP contribution is 2.25. The highest BCUT2D eigenvalue weighted by atomic mass is 32.2. The van der Waals surface area contributed by atoms with E-state index in [4.69, 9.17) is 15.0 Å². The molecule has 102 valence electrons. The number of aryl methyl sites for hydroxylation is 1. The number of aromatic nitrogens is 5. The lowest BCUT2D eigenvalue weighted by atomic mass is 10.5. The van der Waals surface area contributed by atoms with Gasteiger partial charge >= 0.3 is 6.01 Å². The van der Waals surface area contributed by atoms with Crippen molar-refractivity contribution in [3.05, 3.63) is 5.89 Å². The molecule has 19 heavy (non-hydrogen) atoms. The molecule has 0 aliphatic rings. The SMILES string of the molecule is Cc1nnc(Sc2nc(NN)nc(OC(C)C)n2)o1. The molecule has 0 fully saturated rings.